The van der Waals surface area contributed by atoms with E-state index in [1.165, 1.54) is 11.1 Å². The molecule has 1 saturated carbocycles. The molecule has 1 aliphatic carbocycles. The van der Waals surface area contributed by atoms with Crippen molar-refractivity contribution in [1.29, 1.82) is 0 Å². The molecule has 2 aliphatic heterocycles. The molecule has 2 saturated heterocycles. The fourth-order valence-electron chi connectivity index (χ4n) is 4.93. The van der Waals surface area contributed by atoms with E-state index >= 15 is 0 Å². The molecule has 0 unspecified atom stereocenters. The van der Waals surface area contributed by atoms with E-state index in [9.17, 15) is 9.59 Å². The van der Waals surface area contributed by atoms with E-state index in [0.717, 1.165) is 64.2 Å². The highest BCUT2D eigenvalue weighted by Gasteiger charge is 2.48. The number of nitrogens with zero attached hydrogens (tertiary/aromatic N) is 3. The lowest BCUT2D eigenvalue weighted by Gasteiger charge is -2.36. The maximum atomic E-state index is 12.7. The average Bonchev–Trinajstić information content (AvgIpc) is 2.95. The fourth-order valence-corrected chi connectivity index (χ4v) is 4.93. The van der Waals surface area contributed by atoms with Gasteiger partial charge in [-0.2, -0.15) is 0 Å². The van der Waals surface area contributed by atoms with Gasteiger partial charge in [0.25, 0.3) is 0 Å². The predicted octanol–water partition coefficient (Wildman–Crippen LogP) is 2.25. The molecule has 4 rings (SSSR count). The number of hydrogen-bond donors (Lipinski definition) is 0. The van der Waals surface area contributed by atoms with Gasteiger partial charge in [-0.15, -0.1) is 0 Å². The molecule has 28 heavy (non-hydrogen) atoms. The molecule has 0 bridgehead atoms. The highest BCUT2D eigenvalue weighted by Crippen LogP contribution is 2.38. The number of benzene rings is 1. The van der Waals surface area contributed by atoms with Crippen molar-refractivity contribution in [3.63, 3.8) is 0 Å². The molecule has 0 radical (unpaired) electrons. The van der Waals surface area contributed by atoms with Gasteiger partial charge >= 0.3 is 0 Å². The normalized spacial score (nSPS) is 26.6. The molecule has 0 aromatic heterocycles. The predicted molar refractivity (Wildman–Crippen MR) is 107 cm³/mol. The minimum atomic E-state index is -0.0451. The monoisotopic (exact) mass is 385 g/mol. The van der Waals surface area contributed by atoms with Crippen LogP contribution < -0.4 is 4.74 Å². The highest BCUT2D eigenvalue weighted by molar-refractivity contribution is 6.05. The van der Waals surface area contributed by atoms with Crippen molar-refractivity contribution in [2.75, 3.05) is 40.0 Å². The molecule has 2 amide bonds. The summed E-state index contributed by atoms with van der Waals surface area (Å²) < 4.78 is 5.50. The Hall–Kier alpha value is -1.92. The standard InChI is InChI=1S/C22H31N3O3/c1-16-7-8-20(28-2)17(13-16)14-23-9-11-24(12-10-23)15-25-21(26)18-5-3-4-6-19(18)22(25)27/h7-8,13,18-19H,3-6,9-12,14-15H2,1-2H3/t18-,19-/m1/s1. The molecule has 1 aromatic rings. The van der Waals surface area contributed by atoms with E-state index in [1.807, 2.05) is 6.07 Å². The van der Waals surface area contributed by atoms with E-state index in [2.05, 4.69) is 28.9 Å². The Bertz CT molecular complexity index is 719. The number of imide groups is 1. The third-order valence-corrected chi connectivity index (χ3v) is 6.57. The molecular weight excluding hydrogens is 354 g/mol. The Morgan fingerprint density at radius 2 is 1.57 bits per heavy atom. The van der Waals surface area contributed by atoms with E-state index in [1.54, 1.807) is 12.0 Å². The van der Waals surface area contributed by atoms with Crippen LogP contribution in [0.15, 0.2) is 18.2 Å². The third kappa shape index (κ3) is 3.80. The number of rotatable bonds is 5. The summed E-state index contributed by atoms with van der Waals surface area (Å²) in [4.78, 5) is 31.6. The largest absolute Gasteiger partial charge is 0.496 e. The number of methoxy groups -OCH3 is 1. The summed E-state index contributed by atoms with van der Waals surface area (Å²) in [5.74, 6) is 0.986. The summed E-state index contributed by atoms with van der Waals surface area (Å²) in [7, 11) is 1.72. The lowest BCUT2D eigenvalue weighted by molar-refractivity contribution is -0.142. The van der Waals surface area contributed by atoms with Crippen molar-refractivity contribution in [2.45, 2.75) is 39.2 Å². The number of aryl methyl sites for hydroxylation is 1. The molecule has 1 aromatic carbocycles. The molecule has 2 atom stereocenters. The second kappa shape index (κ2) is 8.21. The molecule has 0 N–H and O–H groups in total. The summed E-state index contributed by atoms with van der Waals surface area (Å²) in [6.45, 7) is 7.04. The zero-order chi connectivity index (χ0) is 19.7. The summed E-state index contributed by atoms with van der Waals surface area (Å²) in [6, 6.07) is 6.29. The van der Waals surface area contributed by atoms with Gasteiger partial charge in [0, 0.05) is 38.3 Å². The molecule has 0 spiro atoms. The van der Waals surface area contributed by atoms with Gasteiger partial charge in [-0.05, 0) is 25.8 Å². The molecule has 152 valence electrons. The summed E-state index contributed by atoms with van der Waals surface area (Å²) in [6.07, 6.45) is 3.93. The quantitative estimate of drug-likeness (QED) is 0.728. The summed E-state index contributed by atoms with van der Waals surface area (Å²) in [5, 5.41) is 0. The fraction of sp³-hybridized carbons (Fsp3) is 0.636. The van der Waals surface area contributed by atoms with Crippen LogP contribution in [0.5, 0.6) is 5.75 Å². The van der Waals surface area contributed by atoms with Crippen LogP contribution in [0.1, 0.15) is 36.8 Å². The molecule has 3 fully saturated rings. The van der Waals surface area contributed by atoms with Crippen molar-refractivity contribution >= 4 is 11.8 Å². The van der Waals surface area contributed by atoms with Gasteiger partial charge in [0.15, 0.2) is 0 Å². The average molecular weight is 386 g/mol. The number of carbonyl (C=O) groups is 2. The number of carbonyl (C=O) groups excluding carboxylic acids is 2. The van der Waals surface area contributed by atoms with Crippen molar-refractivity contribution in [3.05, 3.63) is 29.3 Å². The Morgan fingerprint density at radius 1 is 0.964 bits per heavy atom. The zero-order valence-corrected chi connectivity index (χ0v) is 17.0. The minimum absolute atomic E-state index is 0.0451. The SMILES string of the molecule is COc1ccc(C)cc1CN1CCN(CN2C(=O)[C@@H]3CCCC[C@H]3C2=O)CC1. The van der Waals surface area contributed by atoms with E-state index in [0.29, 0.717) is 6.67 Å². The van der Waals surface area contributed by atoms with Gasteiger partial charge in [0.2, 0.25) is 11.8 Å². The molecule has 2 heterocycles. The van der Waals surface area contributed by atoms with Gasteiger partial charge in [-0.3, -0.25) is 24.3 Å². The van der Waals surface area contributed by atoms with Crippen molar-refractivity contribution in [1.82, 2.24) is 14.7 Å². The first-order chi connectivity index (χ1) is 13.6. The first kappa shape index (κ1) is 19.4. The number of amides is 2. The van der Waals surface area contributed by atoms with Gasteiger partial charge in [0.05, 0.1) is 25.6 Å². The first-order valence-electron chi connectivity index (χ1n) is 10.5. The first-order valence-corrected chi connectivity index (χ1v) is 10.5. The Balaban J connectivity index is 1.32. The van der Waals surface area contributed by atoms with Gasteiger partial charge in [-0.25, -0.2) is 0 Å². The summed E-state index contributed by atoms with van der Waals surface area (Å²) in [5.41, 5.74) is 2.45. The lowest BCUT2D eigenvalue weighted by atomic mass is 9.81. The van der Waals surface area contributed by atoms with Crippen molar-refractivity contribution in [2.24, 2.45) is 11.8 Å². The second-order valence-corrected chi connectivity index (χ2v) is 8.45. The van der Waals surface area contributed by atoms with Crippen LogP contribution in [0.25, 0.3) is 0 Å². The van der Waals surface area contributed by atoms with Crippen LogP contribution in [-0.2, 0) is 16.1 Å². The maximum absolute atomic E-state index is 12.7. The lowest BCUT2D eigenvalue weighted by Crippen LogP contribution is -2.51. The van der Waals surface area contributed by atoms with Crippen LogP contribution in [-0.4, -0.2) is 66.5 Å². The van der Waals surface area contributed by atoms with Crippen LogP contribution in [0.3, 0.4) is 0 Å². The zero-order valence-electron chi connectivity index (χ0n) is 17.0. The second-order valence-electron chi connectivity index (χ2n) is 8.45. The molecule has 6 heteroatoms. The summed E-state index contributed by atoms with van der Waals surface area (Å²) >= 11 is 0. The number of piperazine rings is 1. The van der Waals surface area contributed by atoms with Gasteiger partial charge < -0.3 is 4.74 Å². The van der Waals surface area contributed by atoms with Crippen molar-refractivity contribution < 1.29 is 14.3 Å². The Morgan fingerprint density at radius 3 is 2.18 bits per heavy atom. The van der Waals surface area contributed by atoms with E-state index in [4.69, 9.17) is 4.74 Å². The number of hydrogen-bond acceptors (Lipinski definition) is 5. The topological polar surface area (TPSA) is 53.1 Å². The van der Waals surface area contributed by atoms with Gasteiger partial charge in [0.1, 0.15) is 5.75 Å². The van der Waals surface area contributed by atoms with Gasteiger partial charge in [-0.1, -0.05) is 30.5 Å². The van der Waals surface area contributed by atoms with Crippen LogP contribution in [0, 0.1) is 18.8 Å². The van der Waals surface area contributed by atoms with Crippen LogP contribution >= 0.6 is 0 Å². The number of likely N-dealkylation sites (tertiary alicyclic amines) is 1. The van der Waals surface area contributed by atoms with E-state index in [-0.39, 0.29) is 23.7 Å². The molecule has 3 aliphatic rings. The molecular formula is C22H31N3O3. The van der Waals surface area contributed by atoms with Crippen LogP contribution in [0.2, 0.25) is 0 Å². The number of fused-ring (bicyclic) bond motifs is 1. The molecule has 6 nitrogen and oxygen atoms in total. The maximum Gasteiger partial charge on any atom is 0.234 e. The Labute approximate surface area is 167 Å². The Kier molecular flexibility index (Phi) is 5.69. The van der Waals surface area contributed by atoms with Crippen LogP contribution in [0.4, 0.5) is 0 Å². The smallest absolute Gasteiger partial charge is 0.234 e. The van der Waals surface area contributed by atoms with Crippen molar-refractivity contribution in [3.8, 4) is 5.75 Å². The highest BCUT2D eigenvalue weighted by atomic mass is 16.5. The van der Waals surface area contributed by atoms with E-state index < -0.39 is 0 Å². The minimum Gasteiger partial charge on any atom is -0.496 e. The third-order valence-electron chi connectivity index (χ3n) is 6.57. The number of ether oxygens (including phenoxy) is 1.